The third-order valence-corrected chi connectivity index (χ3v) is 22.1. The lowest BCUT2D eigenvalue weighted by molar-refractivity contribution is 0.426. The highest BCUT2D eigenvalue weighted by atomic mass is 79.9. The number of rotatable bonds is 6. The van der Waals surface area contributed by atoms with Crippen LogP contribution in [0, 0.1) is 0 Å². The molecule has 6 heteroatoms. The Bertz CT molecular complexity index is 7230. The van der Waals surface area contributed by atoms with Gasteiger partial charge in [-0.15, -0.1) is 0 Å². The van der Waals surface area contributed by atoms with E-state index >= 15 is 0 Å². The molecule has 2 heterocycles. The smallest absolute Gasteiger partial charge is 0.455 e. The number of hydrogen-bond donors (Lipinski definition) is 2. The van der Waals surface area contributed by atoms with Gasteiger partial charge in [0.15, 0.2) is 0 Å². The predicted octanol–water partition coefficient (Wildman–Crippen LogP) is 27.8. The predicted molar refractivity (Wildman–Crippen MR) is 460 cm³/mol. The number of fused-ring (bicyclic) bond motifs is 22. The summed E-state index contributed by atoms with van der Waals surface area (Å²) in [5.41, 5.74) is 16.2. The van der Waals surface area contributed by atoms with Crippen molar-refractivity contribution in [1.29, 1.82) is 0 Å². The minimum absolute atomic E-state index is 0. The zero-order valence-corrected chi connectivity index (χ0v) is 58.9. The van der Waals surface area contributed by atoms with Crippen LogP contribution in [0.1, 0.15) is 7.43 Å². The van der Waals surface area contributed by atoms with Crippen molar-refractivity contribution in [3.63, 3.8) is 0 Å². The van der Waals surface area contributed by atoms with Gasteiger partial charge in [-0.1, -0.05) is 345 Å². The van der Waals surface area contributed by atoms with Crippen LogP contribution in [0.5, 0.6) is 0 Å². The highest BCUT2D eigenvalue weighted by Gasteiger charge is 2.25. The SMILES string of the molecule is Brc1cccc(-c2ccc3c(c2)oc2c4ccccc4c4ccccc4c32)c1.C.OB(O)c1c2ccccc2c(-c2cccc3ccccc23)c2ccccc12.c1cc(-c2ccc3c(c2)oc2c4ccccc4c4ccccc4c32)cc(-c2c3ccccc3c(-c3cccc4ccccc34)c3ccccc23)c1. The molecule has 0 aliphatic heterocycles. The van der Waals surface area contributed by atoms with E-state index in [1.54, 1.807) is 0 Å². The topological polar surface area (TPSA) is 66.7 Å². The third kappa shape index (κ3) is 10.8. The molecule has 0 aliphatic rings. The average molecular weight is 1430 g/mol. The molecule has 4 nitrogen and oxygen atoms in total. The molecule has 2 aromatic heterocycles. The second-order valence-electron chi connectivity index (χ2n) is 27.5. The van der Waals surface area contributed by atoms with Gasteiger partial charge in [-0.05, 0) is 201 Å². The molecule has 22 rings (SSSR count). The van der Waals surface area contributed by atoms with Gasteiger partial charge in [0.25, 0.3) is 0 Å². The summed E-state index contributed by atoms with van der Waals surface area (Å²) in [6, 6.07) is 129. The van der Waals surface area contributed by atoms with Crippen molar-refractivity contribution in [3.05, 3.63) is 368 Å². The summed E-state index contributed by atoms with van der Waals surface area (Å²) in [6.45, 7) is 0. The maximum atomic E-state index is 10.1. The number of halogens is 1. The van der Waals surface area contributed by atoms with E-state index in [0.29, 0.717) is 5.46 Å². The van der Waals surface area contributed by atoms with Crippen LogP contribution in [0.4, 0.5) is 0 Å². The summed E-state index contributed by atoms with van der Waals surface area (Å²) < 4.78 is 14.3. The van der Waals surface area contributed by atoms with Crippen LogP contribution < -0.4 is 5.46 Å². The van der Waals surface area contributed by atoms with Gasteiger partial charge in [-0.25, -0.2) is 0 Å². The largest absolute Gasteiger partial charge is 0.489 e. The Morgan fingerprint density at radius 2 is 0.523 bits per heavy atom. The standard InChI is InChI=1S/C50H30O.C26H15BrO.C24H17BO2.CH4/c1-2-17-35-31(13-1)14-12-26-38(35)48-42-23-8-6-21-40(42)47(41-22-7-9-24-43(41)48)34-16-11-15-32(29-34)33-27-28-45-46(30-33)51-50-44-25-10-4-19-37(44)36-18-3-5-20-39(36)49(45)50;27-18-7-5-6-16(14-18)17-12-13-23-24(15-17)28-26-22-11-4-2-9-20(22)19-8-1-3-10-21(19)25(23)26;26-25(27)24-21-13-5-3-11-19(21)23(20-12-4-6-14-22(20)24)18-15-7-9-16-8-1-2-10-17(16)18;/h1-30H;1-15H;1-15,26-27H;1H4. The molecule has 0 saturated heterocycles. The van der Waals surface area contributed by atoms with Crippen molar-refractivity contribution in [2.24, 2.45) is 0 Å². The Kier molecular flexibility index (Phi) is 16.2. The van der Waals surface area contributed by atoms with E-state index in [-0.39, 0.29) is 7.43 Å². The second-order valence-corrected chi connectivity index (χ2v) is 28.4. The Labute approximate surface area is 626 Å². The molecule has 2 N–H and O–H groups in total. The highest BCUT2D eigenvalue weighted by molar-refractivity contribution is 9.10. The van der Waals surface area contributed by atoms with Gasteiger partial charge in [-0.3, -0.25) is 0 Å². The van der Waals surface area contributed by atoms with Crippen molar-refractivity contribution >= 4 is 180 Å². The molecule has 22 aromatic rings. The molecule has 0 unspecified atom stereocenters. The summed E-state index contributed by atoms with van der Waals surface area (Å²) in [5, 5.41) is 48.4. The average Bonchev–Trinajstić information content (AvgIpc) is 1.72. The van der Waals surface area contributed by atoms with Gasteiger partial charge in [0, 0.05) is 36.8 Å². The molecule has 0 radical (unpaired) electrons. The monoisotopic (exact) mass is 1430 g/mol. The molecule has 504 valence electrons. The molecule has 0 spiro atoms. The number of hydrogen-bond acceptors (Lipinski definition) is 4. The number of benzene rings is 20. The van der Waals surface area contributed by atoms with Gasteiger partial charge in [0.05, 0.1) is 0 Å². The normalized spacial score (nSPS) is 11.6. The van der Waals surface area contributed by atoms with Crippen molar-refractivity contribution in [1.82, 2.24) is 0 Å². The zero-order valence-electron chi connectivity index (χ0n) is 57.3. The fourth-order valence-corrected chi connectivity index (χ4v) is 17.4. The van der Waals surface area contributed by atoms with Crippen LogP contribution in [-0.2, 0) is 0 Å². The number of furan rings is 2. The Hall–Kier alpha value is -12.9. The van der Waals surface area contributed by atoms with E-state index in [0.717, 1.165) is 97.7 Å². The fraction of sp³-hybridized carbons (Fsp3) is 0.00990. The first kappa shape index (κ1) is 64.9. The Morgan fingerprint density at radius 1 is 0.224 bits per heavy atom. The molecular formula is C101H66BBrO4. The molecule has 0 fully saturated rings. The van der Waals surface area contributed by atoms with E-state index in [9.17, 15) is 10.0 Å². The van der Waals surface area contributed by atoms with E-state index in [1.165, 1.54) is 114 Å². The van der Waals surface area contributed by atoms with Crippen LogP contribution >= 0.6 is 15.9 Å². The lowest BCUT2D eigenvalue weighted by Crippen LogP contribution is -2.31. The first-order valence-corrected chi connectivity index (χ1v) is 36.7. The van der Waals surface area contributed by atoms with Crippen LogP contribution in [-0.4, -0.2) is 17.2 Å². The van der Waals surface area contributed by atoms with Crippen LogP contribution in [0.15, 0.2) is 377 Å². The van der Waals surface area contributed by atoms with Crippen molar-refractivity contribution in [2.75, 3.05) is 0 Å². The first-order chi connectivity index (χ1) is 52.4. The summed E-state index contributed by atoms with van der Waals surface area (Å²) >= 11 is 3.57. The lowest BCUT2D eigenvalue weighted by atomic mass is 9.72. The maximum absolute atomic E-state index is 10.1. The van der Waals surface area contributed by atoms with Gasteiger partial charge in [-0.2, -0.15) is 0 Å². The Morgan fingerprint density at radius 3 is 0.944 bits per heavy atom. The van der Waals surface area contributed by atoms with Crippen molar-refractivity contribution in [2.45, 2.75) is 7.43 Å². The molecule has 0 saturated carbocycles. The van der Waals surface area contributed by atoms with Crippen LogP contribution in [0.3, 0.4) is 0 Å². The minimum Gasteiger partial charge on any atom is -0.455 e. The van der Waals surface area contributed by atoms with Crippen LogP contribution in [0.2, 0.25) is 0 Å². The molecule has 0 atom stereocenters. The minimum atomic E-state index is -1.53. The van der Waals surface area contributed by atoms with Crippen LogP contribution in [0.25, 0.3) is 207 Å². The summed E-state index contributed by atoms with van der Waals surface area (Å²) in [5.74, 6) is 0. The summed E-state index contributed by atoms with van der Waals surface area (Å²) in [4.78, 5) is 0. The quantitative estimate of drug-likeness (QED) is 0.0989. The molecule has 0 amide bonds. The molecule has 0 aliphatic carbocycles. The molecule has 0 bridgehead atoms. The van der Waals surface area contributed by atoms with E-state index in [1.807, 2.05) is 48.5 Å². The fourth-order valence-electron chi connectivity index (χ4n) is 17.0. The third-order valence-electron chi connectivity index (χ3n) is 21.6. The van der Waals surface area contributed by atoms with Gasteiger partial charge < -0.3 is 18.9 Å². The van der Waals surface area contributed by atoms with Crippen molar-refractivity contribution in [3.8, 4) is 55.6 Å². The molecule has 107 heavy (non-hydrogen) atoms. The zero-order chi connectivity index (χ0) is 70.5. The molecular weight excluding hydrogens is 1370 g/mol. The molecule has 20 aromatic carbocycles. The first-order valence-electron chi connectivity index (χ1n) is 35.9. The summed E-state index contributed by atoms with van der Waals surface area (Å²) in [7, 11) is -1.53. The summed E-state index contributed by atoms with van der Waals surface area (Å²) in [6.07, 6.45) is 0. The Balaban J connectivity index is 0.000000118. The maximum Gasteiger partial charge on any atom is 0.489 e. The van der Waals surface area contributed by atoms with Gasteiger partial charge >= 0.3 is 7.12 Å². The van der Waals surface area contributed by atoms with E-state index < -0.39 is 7.12 Å². The highest BCUT2D eigenvalue weighted by Crippen LogP contribution is 2.49. The van der Waals surface area contributed by atoms with Gasteiger partial charge in [0.1, 0.15) is 22.3 Å². The van der Waals surface area contributed by atoms with E-state index in [2.05, 4.69) is 331 Å². The second kappa shape index (κ2) is 26.6. The lowest BCUT2D eigenvalue weighted by Gasteiger charge is -2.19. The van der Waals surface area contributed by atoms with Crippen molar-refractivity contribution < 1.29 is 18.9 Å². The van der Waals surface area contributed by atoms with Gasteiger partial charge in [0.2, 0.25) is 0 Å². The van der Waals surface area contributed by atoms with E-state index in [4.69, 9.17) is 8.83 Å².